The van der Waals surface area contributed by atoms with Crippen LogP contribution in [0.3, 0.4) is 0 Å². The molecule has 0 saturated heterocycles. The number of aryl methyl sites for hydroxylation is 1. The van der Waals surface area contributed by atoms with Gasteiger partial charge in [-0.15, -0.1) is 0 Å². The minimum atomic E-state index is -0.500. The first-order chi connectivity index (χ1) is 7.79. The van der Waals surface area contributed by atoms with Crippen LogP contribution in [0.5, 0.6) is 0 Å². The minimum absolute atomic E-state index is 0.290. The summed E-state index contributed by atoms with van der Waals surface area (Å²) in [5.41, 5.74) is 6.31. The van der Waals surface area contributed by atoms with Gasteiger partial charge in [-0.1, -0.05) is 0 Å². The Morgan fingerprint density at radius 3 is 2.71 bits per heavy atom. The number of furan rings is 1. The highest BCUT2D eigenvalue weighted by Gasteiger charge is 2.17. The Balaban J connectivity index is 2.41. The van der Waals surface area contributed by atoms with Crippen LogP contribution in [0.1, 0.15) is 38.1 Å². The van der Waals surface area contributed by atoms with Gasteiger partial charge in [0.25, 0.3) is 0 Å². The summed E-state index contributed by atoms with van der Waals surface area (Å²) >= 11 is 0. The molecule has 1 aromatic rings. The maximum atomic E-state index is 11.4. The van der Waals surface area contributed by atoms with Crippen molar-refractivity contribution in [3.05, 3.63) is 23.7 Å². The van der Waals surface area contributed by atoms with E-state index in [9.17, 15) is 4.79 Å². The zero-order valence-corrected chi connectivity index (χ0v) is 10.7. The van der Waals surface area contributed by atoms with Crippen LogP contribution in [0.25, 0.3) is 0 Å². The molecule has 0 aliphatic rings. The Hall–Kier alpha value is -1.49. The summed E-state index contributed by atoms with van der Waals surface area (Å²) in [6.07, 6.45) is 1.12. The fourth-order valence-electron chi connectivity index (χ4n) is 1.40. The van der Waals surface area contributed by atoms with Gasteiger partial charge in [-0.25, -0.2) is 4.79 Å². The summed E-state index contributed by atoms with van der Waals surface area (Å²) in [5, 5.41) is 2.63. The molecule has 1 heterocycles. The van der Waals surface area contributed by atoms with E-state index in [1.54, 1.807) is 12.3 Å². The molecule has 1 amide bonds. The van der Waals surface area contributed by atoms with Crippen molar-refractivity contribution in [2.45, 2.75) is 39.3 Å². The maximum absolute atomic E-state index is 11.4. The number of nitrogens with two attached hydrogens (primary N) is 1. The summed E-state index contributed by atoms with van der Waals surface area (Å²) in [7, 11) is 0. The molecule has 17 heavy (non-hydrogen) atoms. The van der Waals surface area contributed by atoms with Gasteiger partial charge in [0.1, 0.15) is 11.4 Å². The molecule has 0 saturated carbocycles. The number of nitrogens with one attached hydrogen (secondary N) is 1. The van der Waals surface area contributed by atoms with E-state index < -0.39 is 11.7 Å². The van der Waals surface area contributed by atoms with Crippen LogP contribution in [-0.4, -0.2) is 18.2 Å². The van der Waals surface area contributed by atoms with Crippen LogP contribution >= 0.6 is 0 Å². The van der Waals surface area contributed by atoms with Crippen LogP contribution in [0, 0.1) is 6.92 Å². The van der Waals surface area contributed by atoms with Crippen LogP contribution in [-0.2, 0) is 4.74 Å². The average Bonchev–Trinajstić information content (AvgIpc) is 2.58. The third-order valence-electron chi connectivity index (χ3n) is 2.16. The van der Waals surface area contributed by atoms with Crippen molar-refractivity contribution >= 4 is 6.09 Å². The second kappa shape index (κ2) is 5.23. The molecule has 0 spiro atoms. The number of ether oxygens (including phenoxy) is 1. The van der Waals surface area contributed by atoms with Gasteiger partial charge in [0.15, 0.2) is 0 Å². The maximum Gasteiger partial charge on any atom is 0.407 e. The van der Waals surface area contributed by atoms with E-state index >= 15 is 0 Å². The Morgan fingerprint density at radius 1 is 1.59 bits per heavy atom. The standard InChI is InChI=1S/C12H20N2O3/c1-8-9(5-6-16-8)10(13)7-14-11(15)17-12(2,3)4/h5-6,10H,7,13H2,1-4H3,(H,14,15). The second-order valence-electron chi connectivity index (χ2n) is 4.92. The number of hydrogen-bond donors (Lipinski definition) is 2. The monoisotopic (exact) mass is 240 g/mol. The largest absolute Gasteiger partial charge is 0.469 e. The zero-order chi connectivity index (χ0) is 13.1. The predicted octanol–water partition coefficient (Wildman–Crippen LogP) is 2.11. The van der Waals surface area contributed by atoms with Crippen molar-refractivity contribution in [1.82, 2.24) is 5.32 Å². The van der Waals surface area contributed by atoms with Gasteiger partial charge in [0.05, 0.1) is 12.3 Å². The van der Waals surface area contributed by atoms with Crippen molar-refractivity contribution in [3.63, 3.8) is 0 Å². The first kappa shape index (κ1) is 13.6. The van der Waals surface area contributed by atoms with Crippen molar-refractivity contribution in [2.24, 2.45) is 5.73 Å². The normalized spacial score (nSPS) is 13.2. The molecule has 1 unspecified atom stereocenters. The van der Waals surface area contributed by atoms with E-state index in [1.807, 2.05) is 27.7 Å². The van der Waals surface area contributed by atoms with Crippen LogP contribution in [0.2, 0.25) is 0 Å². The van der Waals surface area contributed by atoms with Gasteiger partial charge in [0, 0.05) is 12.1 Å². The van der Waals surface area contributed by atoms with Gasteiger partial charge < -0.3 is 20.2 Å². The summed E-state index contributed by atoms with van der Waals surface area (Å²) < 4.78 is 10.3. The fourth-order valence-corrected chi connectivity index (χ4v) is 1.40. The van der Waals surface area contributed by atoms with Crippen LogP contribution in [0.4, 0.5) is 4.79 Å². The van der Waals surface area contributed by atoms with Crippen molar-refractivity contribution < 1.29 is 13.9 Å². The third kappa shape index (κ3) is 4.48. The number of hydrogen-bond acceptors (Lipinski definition) is 4. The molecule has 0 bridgehead atoms. The summed E-state index contributed by atoms with van der Waals surface area (Å²) in [6, 6.07) is 1.51. The number of alkyl carbamates (subject to hydrolysis) is 1. The van der Waals surface area contributed by atoms with E-state index in [-0.39, 0.29) is 6.04 Å². The lowest BCUT2D eigenvalue weighted by Gasteiger charge is -2.20. The number of rotatable bonds is 3. The lowest BCUT2D eigenvalue weighted by Crippen LogP contribution is -2.36. The molecule has 0 aliphatic heterocycles. The summed E-state index contributed by atoms with van der Waals surface area (Å²) in [6.45, 7) is 7.59. The van der Waals surface area contributed by atoms with E-state index in [2.05, 4.69) is 5.32 Å². The Kier molecular flexibility index (Phi) is 4.17. The highest BCUT2D eigenvalue weighted by atomic mass is 16.6. The number of amides is 1. The molecule has 3 N–H and O–H groups in total. The van der Waals surface area contributed by atoms with Gasteiger partial charge in [-0.3, -0.25) is 0 Å². The van der Waals surface area contributed by atoms with Gasteiger partial charge in [0.2, 0.25) is 0 Å². The molecular weight excluding hydrogens is 220 g/mol. The molecule has 0 aliphatic carbocycles. The lowest BCUT2D eigenvalue weighted by molar-refractivity contribution is 0.0524. The Labute approximate surface area is 101 Å². The molecule has 1 aromatic heterocycles. The molecule has 1 rings (SSSR count). The fraction of sp³-hybridized carbons (Fsp3) is 0.583. The molecule has 0 fully saturated rings. The molecule has 5 heteroatoms. The molecule has 0 radical (unpaired) electrons. The second-order valence-corrected chi connectivity index (χ2v) is 4.92. The summed E-state index contributed by atoms with van der Waals surface area (Å²) in [4.78, 5) is 11.4. The quantitative estimate of drug-likeness (QED) is 0.848. The molecular formula is C12H20N2O3. The smallest absolute Gasteiger partial charge is 0.407 e. The molecule has 5 nitrogen and oxygen atoms in total. The van der Waals surface area contributed by atoms with Gasteiger partial charge >= 0.3 is 6.09 Å². The SMILES string of the molecule is Cc1occc1C(N)CNC(=O)OC(C)(C)C. The van der Waals surface area contributed by atoms with Crippen molar-refractivity contribution in [2.75, 3.05) is 6.54 Å². The highest BCUT2D eigenvalue weighted by Crippen LogP contribution is 2.15. The van der Waals surface area contributed by atoms with E-state index in [4.69, 9.17) is 14.9 Å². The van der Waals surface area contributed by atoms with E-state index in [0.717, 1.165) is 11.3 Å². The molecule has 96 valence electrons. The lowest BCUT2D eigenvalue weighted by atomic mass is 10.1. The topological polar surface area (TPSA) is 77.5 Å². The zero-order valence-electron chi connectivity index (χ0n) is 10.7. The molecule has 0 aromatic carbocycles. The third-order valence-corrected chi connectivity index (χ3v) is 2.16. The van der Waals surface area contributed by atoms with E-state index in [0.29, 0.717) is 6.54 Å². The number of carbonyl (C=O) groups excluding carboxylic acids is 1. The predicted molar refractivity (Wildman–Crippen MR) is 64.6 cm³/mol. The summed E-state index contributed by atoms with van der Waals surface area (Å²) in [5.74, 6) is 0.767. The van der Waals surface area contributed by atoms with E-state index in [1.165, 1.54) is 0 Å². The highest BCUT2D eigenvalue weighted by molar-refractivity contribution is 5.67. The average molecular weight is 240 g/mol. The first-order valence-corrected chi connectivity index (χ1v) is 5.56. The van der Waals surface area contributed by atoms with Gasteiger partial charge in [-0.05, 0) is 33.8 Å². The van der Waals surface area contributed by atoms with Crippen molar-refractivity contribution in [3.8, 4) is 0 Å². The van der Waals surface area contributed by atoms with Gasteiger partial charge in [-0.2, -0.15) is 0 Å². The number of carbonyl (C=O) groups is 1. The van der Waals surface area contributed by atoms with Crippen LogP contribution < -0.4 is 11.1 Å². The first-order valence-electron chi connectivity index (χ1n) is 5.56. The Bertz CT molecular complexity index is 379. The van der Waals surface area contributed by atoms with Crippen LogP contribution in [0.15, 0.2) is 16.7 Å². The minimum Gasteiger partial charge on any atom is -0.469 e. The Morgan fingerprint density at radius 2 is 2.24 bits per heavy atom. The molecule has 1 atom stereocenters. The van der Waals surface area contributed by atoms with Crippen molar-refractivity contribution in [1.29, 1.82) is 0 Å².